The van der Waals surface area contributed by atoms with Crippen molar-refractivity contribution in [1.82, 2.24) is 9.88 Å². The van der Waals surface area contributed by atoms with Crippen molar-refractivity contribution in [2.24, 2.45) is 11.3 Å². The second-order valence-corrected chi connectivity index (χ2v) is 8.76. The maximum atomic E-state index is 12.6. The van der Waals surface area contributed by atoms with Crippen LogP contribution in [0.25, 0.3) is 10.8 Å². The van der Waals surface area contributed by atoms with Gasteiger partial charge in [-0.1, -0.05) is 20.8 Å². The van der Waals surface area contributed by atoms with Crippen molar-refractivity contribution in [3.05, 3.63) is 29.0 Å². The number of aliphatic hydroxyl groups is 1. The third kappa shape index (κ3) is 4.12. The van der Waals surface area contributed by atoms with E-state index in [1.807, 2.05) is 24.4 Å². The van der Waals surface area contributed by atoms with Gasteiger partial charge < -0.3 is 14.4 Å². The van der Waals surface area contributed by atoms with Gasteiger partial charge in [0.05, 0.1) is 18.2 Å². The fourth-order valence-electron chi connectivity index (χ4n) is 3.49. The fourth-order valence-corrected chi connectivity index (χ4v) is 4.27. The highest BCUT2D eigenvalue weighted by atomic mass is 32.1. The topological polar surface area (TPSA) is 66.6 Å². The molecule has 0 aromatic carbocycles. The van der Waals surface area contributed by atoms with E-state index in [0.717, 1.165) is 28.6 Å². The van der Waals surface area contributed by atoms with Crippen LogP contribution in [0.5, 0.6) is 0 Å². The van der Waals surface area contributed by atoms with Crippen LogP contribution in [0.4, 0.5) is 0 Å². The van der Waals surface area contributed by atoms with E-state index in [1.165, 1.54) is 11.3 Å². The van der Waals surface area contributed by atoms with Crippen LogP contribution in [0.2, 0.25) is 0 Å². The zero-order valence-electron chi connectivity index (χ0n) is 15.3. The minimum atomic E-state index is -0.463. The highest BCUT2D eigenvalue weighted by Crippen LogP contribution is 2.34. The summed E-state index contributed by atoms with van der Waals surface area (Å²) >= 11 is 1.48. The zero-order chi connectivity index (χ0) is 18.2. The predicted molar refractivity (Wildman–Crippen MR) is 98.4 cm³/mol. The Bertz CT molecular complexity index is 744. The van der Waals surface area contributed by atoms with Crippen molar-refractivity contribution in [2.45, 2.75) is 46.6 Å². The number of nitrogens with zero attached hydrogens (tertiary/aromatic N) is 2. The Balaban J connectivity index is 1.61. The van der Waals surface area contributed by atoms with Gasteiger partial charge in [0.1, 0.15) is 5.76 Å². The van der Waals surface area contributed by atoms with Crippen LogP contribution in [0.1, 0.15) is 38.6 Å². The largest absolute Gasteiger partial charge is 0.459 e. The lowest BCUT2D eigenvalue weighted by molar-refractivity contribution is -0.136. The van der Waals surface area contributed by atoms with E-state index in [4.69, 9.17) is 4.42 Å². The first-order chi connectivity index (χ1) is 11.7. The molecule has 1 aliphatic rings. The van der Waals surface area contributed by atoms with E-state index >= 15 is 0 Å². The monoisotopic (exact) mass is 362 g/mol. The third-order valence-electron chi connectivity index (χ3n) is 4.88. The van der Waals surface area contributed by atoms with Gasteiger partial charge in [-0.3, -0.25) is 4.79 Å². The van der Waals surface area contributed by atoms with Gasteiger partial charge in [-0.2, -0.15) is 0 Å². The van der Waals surface area contributed by atoms with Crippen molar-refractivity contribution < 1.29 is 14.3 Å². The van der Waals surface area contributed by atoms with Gasteiger partial charge in [-0.15, -0.1) is 11.3 Å². The molecule has 3 rings (SSSR count). The summed E-state index contributed by atoms with van der Waals surface area (Å²) in [6.45, 7) is 9.44. The maximum Gasteiger partial charge on any atom is 0.228 e. The second-order valence-electron chi connectivity index (χ2n) is 7.90. The number of thiazole rings is 1. The number of hydrogen-bond acceptors (Lipinski definition) is 5. The molecule has 0 saturated carbocycles. The van der Waals surface area contributed by atoms with Crippen LogP contribution >= 0.6 is 11.3 Å². The van der Waals surface area contributed by atoms with Crippen molar-refractivity contribution in [2.75, 3.05) is 13.1 Å². The van der Waals surface area contributed by atoms with Gasteiger partial charge >= 0.3 is 0 Å². The van der Waals surface area contributed by atoms with E-state index in [1.54, 1.807) is 4.90 Å². The molecule has 25 heavy (non-hydrogen) atoms. The Morgan fingerprint density at radius 1 is 1.44 bits per heavy atom. The van der Waals surface area contributed by atoms with Crippen LogP contribution in [-0.2, 0) is 11.2 Å². The van der Waals surface area contributed by atoms with Crippen LogP contribution in [0.15, 0.2) is 21.9 Å². The molecule has 0 bridgehead atoms. The maximum absolute atomic E-state index is 12.6. The number of carbonyl (C=O) groups is 1. The molecule has 5 nitrogen and oxygen atoms in total. The van der Waals surface area contributed by atoms with Crippen molar-refractivity contribution in [3.8, 4) is 10.8 Å². The number of piperidine rings is 1. The van der Waals surface area contributed by atoms with Gasteiger partial charge in [-0.05, 0) is 36.8 Å². The molecule has 3 heterocycles. The van der Waals surface area contributed by atoms with E-state index in [9.17, 15) is 9.90 Å². The van der Waals surface area contributed by atoms with E-state index in [-0.39, 0.29) is 23.7 Å². The number of aliphatic hydroxyl groups excluding tert-OH is 1. The minimum Gasteiger partial charge on any atom is -0.459 e. The molecule has 136 valence electrons. The summed E-state index contributed by atoms with van der Waals surface area (Å²) in [5.41, 5.74) is 0.811. The van der Waals surface area contributed by atoms with Crippen molar-refractivity contribution in [3.63, 3.8) is 0 Å². The van der Waals surface area contributed by atoms with Crippen LogP contribution in [-0.4, -0.2) is 40.1 Å². The van der Waals surface area contributed by atoms with Crippen LogP contribution in [0, 0.1) is 18.3 Å². The lowest BCUT2D eigenvalue weighted by atomic mass is 9.73. The number of aromatic nitrogens is 1. The molecule has 2 aromatic heterocycles. The smallest absolute Gasteiger partial charge is 0.228 e. The molecule has 1 fully saturated rings. The summed E-state index contributed by atoms with van der Waals surface area (Å²) < 4.78 is 5.58. The van der Waals surface area contributed by atoms with Crippen LogP contribution < -0.4 is 0 Å². The average molecular weight is 362 g/mol. The van der Waals surface area contributed by atoms with Gasteiger partial charge in [0.2, 0.25) is 5.91 Å². The average Bonchev–Trinajstić information content (AvgIpc) is 3.14. The van der Waals surface area contributed by atoms with Gasteiger partial charge in [-0.25, -0.2) is 4.98 Å². The van der Waals surface area contributed by atoms with E-state index in [0.29, 0.717) is 13.1 Å². The molecule has 0 radical (unpaired) electrons. The van der Waals surface area contributed by atoms with Gasteiger partial charge in [0, 0.05) is 18.5 Å². The van der Waals surface area contributed by atoms with Gasteiger partial charge in [0.25, 0.3) is 0 Å². The minimum absolute atomic E-state index is 0.0267. The summed E-state index contributed by atoms with van der Waals surface area (Å²) in [6, 6.07) is 3.80. The summed E-state index contributed by atoms with van der Waals surface area (Å²) in [5, 5.41) is 13.1. The molecule has 2 atom stereocenters. The quantitative estimate of drug-likeness (QED) is 0.907. The summed E-state index contributed by atoms with van der Waals surface area (Å²) in [7, 11) is 0. The number of amides is 1. The number of likely N-dealkylation sites (tertiary alicyclic amines) is 1. The van der Waals surface area contributed by atoms with Crippen molar-refractivity contribution in [1.29, 1.82) is 0 Å². The number of hydrogen-bond donors (Lipinski definition) is 1. The Kier molecular flexibility index (Phi) is 5.02. The first kappa shape index (κ1) is 18.1. The molecule has 0 spiro atoms. The molecule has 1 saturated heterocycles. The number of β-amino-alcohol motifs (C(OH)–C–C–N with tert-alkyl or cyclic N) is 1. The highest BCUT2D eigenvalue weighted by Gasteiger charge is 2.37. The molecule has 0 aliphatic carbocycles. The predicted octanol–water partition coefficient (Wildman–Crippen LogP) is 3.51. The fraction of sp³-hybridized carbons (Fsp3) is 0.579. The SMILES string of the molecule is Cc1ccc(-c2nc(CC(=O)N3CC[C@@H](C(C)(C)C)[C@@H](O)C3)cs2)o1. The Morgan fingerprint density at radius 3 is 2.80 bits per heavy atom. The standard InChI is InChI=1S/C19H26N2O3S/c1-12-5-6-16(24-12)18-20-13(11-25-18)9-17(23)21-8-7-14(15(22)10-21)19(2,3)4/h5-6,11,14-15,22H,7-10H2,1-4H3/t14-,15+/m1/s1. The lowest BCUT2D eigenvalue weighted by Gasteiger charge is -2.42. The molecular weight excluding hydrogens is 336 g/mol. The molecule has 6 heteroatoms. The Morgan fingerprint density at radius 2 is 2.20 bits per heavy atom. The highest BCUT2D eigenvalue weighted by molar-refractivity contribution is 7.13. The number of aryl methyl sites for hydroxylation is 1. The first-order valence-corrected chi connectivity index (χ1v) is 9.59. The summed E-state index contributed by atoms with van der Waals surface area (Å²) in [6.07, 6.45) is 0.641. The van der Waals surface area contributed by atoms with E-state index in [2.05, 4.69) is 25.8 Å². The number of furan rings is 1. The lowest BCUT2D eigenvalue weighted by Crippen LogP contribution is -2.50. The number of rotatable bonds is 3. The van der Waals surface area contributed by atoms with E-state index < -0.39 is 6.10 Å². The summed E-state index contributed by atoms with van der Waals surface area (Å²) in [5.74, 6) is 1.84. The Hall–Kier alpha value is -1.66. The molecular formula is C19H26N2O3S. The second kappa shape index (κ2) is 6.92. The van der Waals surface area contributed by atoms with Crippen molar-refractivity contribution >= 4 is 17.2 Å². The third-order valence-corrected chi connectivity index (χ3v) is 5.79. The van der Waals surface area contributed by atoms with Gasteiger partial charge in [0.15, 0.2) is 10.8 Å². The molecule has 0 unspecified atom stereocenters. The molecule has 1 amide bonds. The molecule has 1 N–H and O–H groups in total. The van der Waals surface area contributed by atoms with Crippen LogP contribution in [0.3, 0.4) is 0 Å². The first-order valence-electron chi connectivity index (χ1n) is 8.71. The Labute approximate surface area is 152 Å². The molecule has 1 aliphatic heterocycles. The molecule has 2 aromatic rings. The normalized spacial score (nSPS) is 21.6. The number of carbonyl (C=O) groups excluding carboxylic acids is 1. The summed E-state index contributed by atoms with van der Waals surface area (Å²) in [4.78, 5) is 18.9. The zero-order valence-corrected chi connectivity index (χ0v) is 16.1.